The highest BCUT2D eigenvalue weighted by molar-refractivity contribution is 5.91. The van der Waals surface area contributed by atoms with E-state index in [2.05, 4.69) is 11.7 Å². The van der Waals surface area contributed by atoms with Crippen LogP contribution in [0.2, 0.25) is 0 Å². The zero-order valence-electron chi connectivity index (χ0n) is 21.8. The van der Waals surface area contributed by atoms with Crippen LogP contribution in [-0.2, 0) is 15.6 Å². The maximum Gasteiger partial charge on any atom is 0.527 e. The van der Waals surface area contributed by atoms with Gasteiger partial charge in [-0.3, -0.25) is 0 Å². The number of carbonyl (C=O) groups excluding carboxylic acids is 1. The van der Waals surface area contributed by atoms with Gasteiger partial charge in [-0.15, -0.1) is 13.2 Å². The molecule has 0 spiro atoms. The van der Waals surface area contributed by atoms with Crippen LogP contribution in [0.5, 0.6) is 5.75 Å². The molecule has 3 aromatic carbocycles. The van der Waals surface area contributed by atoms with E-state index in [0.717, 1.165) is 31.2 Å². The van der Waals surface area contributed by atoms with Gasteiger partial charge >= 0.3 is 18.4 Å². The Morgan fingerprint density at radius 3 is 1.98 bits per heavy atom. The molecule has 0 saturated carbocycles. The minimum atomic E-state index is -5.95. The van der Waals surface area contributed by atoms with Crippen LogP contribution in [0, 0.1) is 29.2 Å². The maximum atomic E-state index is 14.8. The quantitative estimate of drug-likeness (QED) is 0.146. The molecule has 226 valence electrons. The summed E-state index contributed by atoms with van der Waals surface area (Å²) in [6.45, 7) is 2.75. The number of carbonyl (C=O) groups is 1. The molecule has 0 N–H and O–H groups in total. The van der Waals surface area contributed by atoms with Crippen LogP contribution in [0.25, 0.3) is 11.1 Å². The fraction of sp³-hybridized carbons (Fsp3) is 0.345. The Hall–Kier alpha value is -3.58. The topological polar surface area (TPSA) is 44.8 Å². The van der Waals surface area contributed by atoms with Gasteiger partial charge < -0.3 is 9.47 Å². The summed E-state index contributed by atoms with van der Waals surface area (Å²) in [6.07, 6.45) is -7.57. The Bertz CT molecular complexity index is 1380. The van der Waals surface area contributed by atoms with Crippen molar-refractivity contribution >= 4 is 5.97 Å². The van der Waals surface area contributed by atoms with Crippen molar-refractivity contribution in [3.63, 3.8) is 0 Å². The van der Waals surface area contributed by atoms with Gasteiger partial charge in [0.25, 0.3) is 0 Å². The van der Waals surface area contributed by atoms with E-state index in [4.69, 9.17) is 9.47 Å². The molecule has 0 radical (unpaired) electrons. The molecule has 0 aromatic heterocycles. The molecule has 13 heteroatoms. The van der Waals surface area contributed by atoms with E-state index in [1.165, 1.54) is 12.1 Å². The summed E-state index contributed by atoms with van der Waals surface area (Å²) in [4.78, 5) is 12.6. The summed E-state index contributed by atoms with van der Waals surface area (Å²) in [5.74, 6) is -8.61. The van der Waals surface area contributed by atoms with Crippen LogP contribution in [0.15, 0.2) is 48.5 Å². The van der Waals surface area contributed by atoms with Gasteiger partial charge in [0.15, 0.2) is 0 Å². The van der Waals surface area contributed by atoms with E-state index in [-0.39, 0.29) is 23.8 Å². The lowest BCUT2D eigenvalue weighted by atomic mass is 9.91. The molecule has 1 aliphatic rings. The van der Waals surface area contributed by atoms with Gasteiger partial charge in [-0.1, -0.05) is 25.5 Å². The van der Waals surface area contributed by atoms with Crippen molar-refractivity contribution in [3.8, 4) is 16.9 Å². The molecule has 0 amide bonds. The molecule has 0 aliphatic carbocycles. The van der Waals surface area contributed by atoms with Gasteiger partial charge in [-0.2, -0.15) is 8.78 Å². The predicted molar refractivity (Wildman–Crippen MR) is 130 cm³/mol. The van der Waals surface area contributed by atoms with Crippen molar-refractivity contribution in [2.45, 2.75) is 51.2 Å². The van der Waals surface area contributed by atoms with E-state index < -0.39 is 64.1 Å². The molecule has 1 aliphatic heterocycles. The van der Waals surface area contributed by atoms with E-state index in [9.17, 15) is 44.3 Å². The Morgan fingerprint density at radius 2 is 1.48 bits per heavy atom. The van der Waals surface area contributed by atoms with Crippen molar-refractivity contribution in [1.82, 2.24) is 0 Å². The van der Waals surface area contributed by atoms with Crippen molar-refractivity contribution in [1.29, 1.82) is 0 Å². The van der Waals surface area contributed by atoms with Crippen molar-refractivity contribution < 1.29 is 58.5 Å². The summed E-state index contributed by atoms with van der Waals surface area (Å²) in [7, 11) is 0. The first kappa shape index (κ1) is 31.4. The normalized spacial score (nSPS) is 17.8. The highest BCUT2D eigenvalue weighted by Crippen LogP contribution is 2.41. The molecule has 0 bridgehead atoms. The first-order valence-electron chi connectivity index (χ1n) is 12.8. The number of hydrogen-bond acceptors (Lipinski definition) is 4. The number of alkyl halides is 5. The summed E-state index contributed by atoms with van der Waals surface area (Å²) in [5.41, 5.74) is -3.58. The third-order valence-electron chi connectivity index (χ3n) is 6.68. The minimum absolute atomic E-state index is 0.0147. The molecule has 2 unspecified atom stereocenters. The van der Waals surface area contributed by atoms with Crippen molar-refractivity contribution in [3.05, 3.63) is 88.5 Å². The number of rotatable bonds is 8. The number of esters is 1. The van der Waals surface area contributed by atoms with Gasteiger partial charge in [0.1, 0.15) is 34.6 Å². The minimum Gasteiger partial charge on any atom is -0.423 e. The predicted octanol–water partition coefficient (Wildman–Crippen LogP) is 8.98. The van der Waals surface area contributed by atoms with Crippen LogP contribution in [0.4, 0.5) is 39.5 Å². The van der Waals surface area contributed by atoms with Crippen LogP contribution >= 0.6 is 0 Å². The fourth-order valence-electron chi connectivity index (χ4n) is 4.78. The number of benzene rings is 3. The van der Waals surface area contributed by atoms with E-state index in [1.54, 1.807) is 12.1 Å². The molecule has 3 aromatic rings. The highest BCUT2D eigenvalue weighted by atomic mass is 19.4. The third kappa shape index (κ3) is 7.24. The Labute approximate surface area is 234 Å². The molecule has 42 heavy (non-hydrogen) atoms. The molecule has 4 rings (SSSR count). The van der Waals surface area contributed by atoms with Crippen molar-refractivity contribution in [2.24, 2.45) is 5.92 Å². The zero-order valence-corrected chi connectivity index (χ0v) is 21.8. The van der Waals surface area contributed by atoms with Crippen LogP contribution in [-0.4, -0.2) is 18.9 Å². The summed E-state index contributed by atoms with van der Waals surface area (Å²) in [6, 6.07) is 7.29. The van der Waals surface area contributed by atoms with E-state index >= 15 is 0 Å². The van der Waals surface area contributed by atoms with E-state index in [0.29, 0.717) is 24.7 Å². The second-order valence-electron chi connectivity index (χ2n) is 9.71. The summed E-state index contributed by atoms with van der Waals surface area (Å²) in [5, 5.41) is 0. The lowest BCUT2D eigenvalue weighted by molar-refractivity contribution is -0.432. The molecular formula is C29H23F9O4. The number of halogens is 9. The van der Waals surface area contributed by atoms with Crippen LogP contribution < -0.4 is 4.74 Å². The van der Waals surface area contributed by atoms with E-state index in [1.807, 2.05) is 0 Å². The lowest BCUT2D eigenvalue weighted by Crippen LogP contribution is -2.29. The van der Waals surface area contributed by atoms with Gasteiger partial charge in [0.05, 0.1) is 23.8 Å². The SMILES string of the molecule is CCCC1CCC(c2ccc(C(=O)Oc3cc(F)c(-c4cc(F)c(C(F)(F)OC(F)(F)F)c(F)c4)c(F)c3)cc2)OC1. The molecular weight excluding hydrogens is 583 g/mol. The Morgan fingerprint density at radius 1 is 0.881 bits per heavy atom. The second-order valence-corrected chi connectivity index (χ2v) is 9.71. The maximum absolute atomic E-state index is 14.8. The second kappa shape index (κ2) is 12.3. The highest BCUT2D eigenvalue weighted by Gasteiger charge is 2.49. The number of hydrogen-bond donors (Lipinski definition) is 0. The molecule has 1 fully saturated rings. The Kier molecular flexibility index (Phi) is 9.21. The first-order chi connectivity index (χ1) is 19.7. The van der Waals surface area contributed by atoms with Gasteiger partial charge in [-0.05, 0) is 60.6 Å². The average Bonchev–Trinajstić information content (AvgIpc) is 2.87. The average molecular weight is 606 g/mol. The molecule has 1 saturated heterocycles. The molecule has 2 atom stereocenters. The van der Waals surface area contributed by atoms with Gasteiger partial charge in [0.2, 0.25) is 0 Å². The zero-order chi connectivity index (χ0) is 30.8. The summed E-state index contributed by atoms with van der Waals surface area (Å²) >= 11 is 0. The molecule has 1 heterocycles. The Balaban J connectivity index is 1.49. The summed E-state index contributed by atoms with van der Waals surface area (Å²) < 4.78 is 136. The smallest absolute Gasteiger partial charge is 0.423 e. The van der Waals surface area contributed by atoms with Crippen LogP contribution in [0.1, 0.15) is 60.2 Å². The first-order valence-corrected chi connectivity index (χ1v) is 12.8. The van der Waals surface area contributed by atoms with Gasteiger partial charge in [0, 0.05) is 12.1 Å². The fourth-order valence-corrected chi connectivity index (χ4v) is 4.78. The number of ether oxygens (including phenoxy) is 3. The van der Waals surface area contributed by atoms with Gasteiger partial charge in [-0.25, -0.2) is 27.1 Å². The monoisotopic (exact) mass is 606 g/mol. The lowest BCUT2D eigenvalue weighted by Gasteiger charge is -2.29. The standard InChI is InChI=1S/C29H23F9O4/c1-2-3-15-4-9-24(40-14-15)16-5-7-17(8-6-16)27(39)41-19-12-20(30)25(21(31)13-19)18-10-22(32)26(23(33)11-18)28(34,35)42-29(36,37)38/h5-8,10-13,15,24H,2-4,9,14H2,1H3. The third-order valence-corrected chi connectivity index (χ3v) is 6.68. The largest absolute Gasteiger partial charge is 0.527 e. The van der Waals surface area contributed by atoms with Crippen molar-refractivity contribution in [2.75, 3.05) is 6.61 Å². The molecule has 4 nitrogen and oxygen atoms in total. The van der Waals surface area contributed by atoms with Crippen LogP contribution in [0.3, 0.4) is 0 Å².